The molecule has 1 fully saturated rings. The number of hydrogen-bond donors (Lipinski definition) is 2. The van der Waals surface area contributed by atoms with Crippen LogP contribution in [0.25, 0.3) is 11.1 Å². The molecule has 2 heterocycles. The van der Waals surface area contributed by atoms with Gasteiger partial charge in [0.1, 0.15) is 0 Å². The predicted molar refractivity (Wildman–Crippen MR) is 64.0 cm³/mol. The highest BCUT2D eigenvalue weighted by molar-refractivity contribution is 5.91. The van der Waals surface area contributed by atoms with Crippen LogP contribution in [0.3, 0.4) is 0 Å². The number of hydrogen-bond acceptors (Lipinski definition) is 4. The molecule has 1 unspecified atom stereocenters. The molecular weight excluding hydrogens is 236 g/mol. The van der Waals surface area contributed by atoms with E-state index in [1.165, 1.54) is 18.2 Å². The number of rotatable bonds is 2. The van der Waals surface area contributed by atoms with Crippen LogP contribution < -0.4 is 11.1 Å². The zero-order valence-corrected chi connectivity index (χ0v) is 9.55. The molecular formula is C12H12N2O4. The fourth-order valence-electron chi connectivity index (χ4n) is 2.37. The average molecular weight is 248 g/mol. The van der Waals surface area contributed by atoms with Crippen molar-refractivity contribution in [2.24, 2.45) is 0 Å². The van der Waals surface area contributed by atoms with Gasteiger partial charge in [-0.25, -0.2) is 9.59 Å². The Morgan fingerprint density at radius 3 is 3.00 bits per heavy atom. The number of carboxylic acids is 1. The predicted octanol–water partition coefficient (Wildman–Crippen LogP) is 0.827. The highest BCUT2D eigenvalue weighted by atomic mass is 16.4. The molecule has 1 aliphatic rings. The summed E-state index contributed by atoms with van der Waals surface area (Å²) in [5.74, 6) is -1.44. The first kappa shape index (κ1) is 11.0. The Morgan fingerprint density at radius 1 is 1.50 bits per heavy atom. The van der Waals surface area contributed by atoms with Crippen molar-refractivity contribution >= 4 is 17.1 Å². The van der Waals surface area contributed by atoms with E-state index in [1.807, 2.05) is 0 Å². The Hall–Kier alpha value is -2.08. The standard InChI is InChI=1S/C12H12N2O4/c15-11(16)7-1-2-10-9(5-7)14(12(17)18-10)8-3-4-13-6-8/h1-2,5,8,13H,3-4,6H2,(H,15,16). The Morgan fingerprint density at radius 2 is 2.33 bits per heavy atom. The van der Waals surface area contributed by atoms with Gasteiger partial charge in [0.05, 0.1) is 17.1 Å². The van der Waals surface area contributed by atoms with Crippen molar-refractivity contribution in [2.45, 2.75) is 12.5 Å². The molecule has 0 radical (unpaired) electrons. The van der Waals surface area contributed by atoms with E-state index in [1.54, 1.807) is 4.57 Å². The molecule has 3 rings (SSSR count). The smallest absolute Gasteiger partial charge is 0.420 e. The van der Waals surface area contributed by atoms with E-state index in [0.29, 0.717) is 17.6 Å². The molecule has 1 atom stereocenters. The second kappa shape index (κ2) is 3.99. The summed E-state index contributed by atoms with van der Waals surface area (Å²) in [4.78, 5) is 22.8. The van der Waals surface area contributed by atoms with Gasteiger partial charge in [0.15, 0.2) is 5.58 Å². The highest BCUT2D eigenvalue weighted by Crippen LogP contribution is 2.22. The molecule has 0 spiro atoms. The number of carbonyl (C=O) groups is 1. The Kier molecular flexibility index (Phi) is 2.45. The molecule has 94 valence electrons. The van der Waals surface area contributed by atoms with E-state index in [4.69, 9.17) is 9.52 Å². The van der Waals surface area contributed by atoms with Crippen molar-refractivity contribution in [1.29, 1.82) is 0 Å². The number of nitrogens with zero attached hydrogens (tertiary/aromatic N) is 1. The van der Waals surface area contributed by atoms with Gasteiger partial charge in [0.25, 0.3) is 0 Å². The van der Waals surface area contributed by atoms with Gasteiger partial charge in [0, 0.05) is 6.54 Å². The fourth-order valence-corrected chi connectivity index (χ4v) is 2.37. The summed E-state index contributed by atoms with van der Waals surface area (Å²) < 4.78 is 6.68. The fraction of sp³-hybridized carbons (Fsp3) is 0.333. The lowest BCUT2D eigenvalue weighted by Gasteiger charge is -2.09. The van der Waals surface area contributed by atoms with E-state index in [-0.39, 0.29) is 11.6 Å². The summed E-state index contributed by atoms with van der Waals surface area (Å²) in [5, 5.41) is 12.1. The van der Waals surface area contributed by atoms with Crippen LogP contribution in [-0.4, -0.2) is 28.7 Å². The summed E-state index contributed by atoms with van der Waals surface area (Å²) in [7, 11) is 0. The first-order chi connectivity index (χ1) is 8.66. The Balaban J connectivity index is 2.22. The summed E-state index contributed by atoms with van der Waals surface area (Å²) in [6, 6.07) is 4.48. The van der Waals surface area contributed by atoms with Crippen LogP contribution >= 0.6 is 0 Å². The molecule has 6 nitrogen and oxygen atoms in total. The number of carboxylic acid groups (broad SMARTS) is 1. The molecule has 6 heteroatoms. The van der Waals surface area contributed by atoms with E-state index >= 15 is 0 Å². The molecule has 1 aliphatic heterocycles. The van der Waals surface area contributed by atoms with Crippen LogP contribution in [0.15, 0.2) is 27.4 Å². The van der Waals surface area contributed by atoms with Gasteiger partial charge in [-0.05, 0) is 31.2 Å². The molecule has 1 saturated heterocycles. The maximum absolute atomic E-state index is 11.8. The van der Waals surface area contributed by atoms with E-state index in [9.17, 15) is 9.59 Å². The van der Waals surface area contributed by atoms with Gasteiger partial charge in [-0.2, -0.15) is 0 Å². The first-order valence-corrected chi connectivity index (χ1v) is 5.76. The maximum atomic E-state index is 11.8. The first-order valence-electron chi connectivity index (χ1n) is 5.76. The third kappa shape index (κ3) is 1.62. The number of oxazole rings is 1. The molecule has 2 N–H and O–H groups in total. The lowest BCUT2D eigenvalue weighted by molar-refractivity contribution is 0.0697. The third-order valence-electron chi connectivity index (χ3n) is 3.26. The van der Waals surface area contributed by atoms with Crippen LogP contribution in [0, 0.1) is 0 Å². The van der Waals surface area contributed by atoms with Gasteiger partial charge >= 0.3 is 11.7 Å². The number of nitrogens with one attached hydrogen (secondary N) is 1. The number of fused-ring (bicyclic) bond motifs is 1. The lowest BCUT2D eigenvalue weighted by Crippen LogP contribution is -2.22. The second-order valence-electron chi connectivity index (χ2n) is 4.37. The Labute approximate surface area is 102 Å². The monoisotopic (exact) mass is 248 g/mol. The van der Waals surface area contributed by atoms with Crippen molar-refractivity contribution in [3.05, 3.63) is 34.3 Å². The summed E-state index contributed by atoms with van der Waals surface area (Å²) in [5.41, 5.74) is 1.13. The number of benzene rings is 1. The molecule has 2 aromatic rings. The molecule has 1 aromatic carbocycles. The summed E-state index contributed by atoms with van der Waals surface area (Å²) in [6.07, 6.45) is 0.839. The minimum Gasteiger partial charge on any atom is -0.478 e. The minimum absolute atomic E-state index is 0.0304. The van der Waals surface area contributed by atoms with E-state index < -0.39 is 11.7 Å². The largest absolute Gasteiger partial charge is 0.478 e. The van der Waals surface area contributed by atoms with Gasteiger partial charge < -0.3 is 14.8 Å². The van der Waals surface area contributed by atoms with Crippen molar-refractivity contribution in [3.63, 3.8) is 0 Å². The number of aromatic nitrogens is 1. The number of aromatic carboxylic acids is 1. The molecule has 0 aliphatic carbocycles. The molecule has 0 bridgehead atoms. The summed E-state index contributed by atoms with van der Waals surface area (Å²) >= 11 is 0. The topological polar surface area (TPSA) is 84.5 Å². The van der Waals surface area contributed by atoms with Gasteiger partial charge in [-0.15, -0.1) is 0 Å². The quantitative estimate of drug-likeness (QED) is 0.822. The third-order valence-corrected chi connectivity index (χ3v) is 3.26. The van der Waals surface area contributed by atoms with Crippen LogP contribution in [-0.2, 0) is 0 Å². The van der Waals surface area contributed by atoms with Gasteiger partial charge in [-0.1, -0.05) is 0 Å². The van der Waals surface area contributed by atoms with Gasteiger partial charge in [0.2, 0.25) is 0 Å². The molecule has 18 heavy (non-hydrogen) atoms. The molecule has 0 amide bonds. The van der Waals surface area contributed by atoms with Crippen molar-refractivity contribution in [3.8, 4) is 0 Å². The molecule has 0 saturated carbocycles. The zero-order valence-electron chi connectivity index (χ0n) is 9.55. The second-order valence-corrected chi connectivity index (χ2v) is 4.37. The summed E-state index contributed by atoms with van der Waals surface area (Å²) in [6.45, 7) is 1.55. The lowest BCUT2D eigenvalue weighted by atomic mass is 10.2. The van der Waals surface area contributed by atoms with Crippen LogP contribution in [0.2, 0.25) is 0 Å². The SMILES string of the molecule is O=C(O)c1ccc2oc(=O)n(C3CCNC3)c2c1. The van der Waals surface area contributed by atoms with Gasteiger partial charge in [-0.3, -0.25) is 4.57 Å². The Bertz CT molecular complexity index is 664. The minimum atomic E-state index is -1.01. The normalized spacial score (nSPS) is 19.4. The van der Waals surface area contributed by atoms with Crippen molar-refractivity contribution in [2.75, 3.05) is 13.1 Å². The van der Waals surface area contributed by atoms with Crippen molar-refractivity contribution in [1.82, 2.24) is 9.88 Å². The molecule has 1 aromatic heterocycles. The van der Waals surface area contributed by atoms with Crippen molar-refractivity contribution < 1.29 is 14.3 Å². The average Bonchev–Trinajstić information content (AvgIpc) is 2.93. The zero-order chi connectivity index (χ0) is 12.7. The van der Waals surface area contributed by atoms with E-state index in [0.717, 1.165) is 13.0 Å². The van der Waals surface area contributed by atoms with Crippen LogP contribution in [0.1, 0.15) is 22.8 Å². The van der Waals surface area contributed by atoms with E-state index in [2.05, 4.69) is 5.32 Å². The van der Waals surface area contributed by atoms with Crippen LogP contribution in [0.5, 0.6) is 0 Å². The maximum Gasteiger partial charge on any atom is 0.420 e. The van der Waals surface area contributed by atoms with Crippen LogP contribution in [0.4, 0.5) is 0 Å². The highest BCUT2D eigenvalue weighted by Gasteiger charge is 2.22.